The highest BCUT2D eigenvalue weighted by molar-refractivity contribution is 5.92. The lowest BCUT2D eigenvalue weighted by Crippen LogP contribution is -2.14. The predicted octanol–water partition coefficient (Wildman–Crippen LogP) is 16.7. The first kappa shape index (κ1) is 41.4. The zero-order valence-electron chi connectivity index (χ0n) is 38.4. The van der Waals surface area contributed by atoms with Crippen molar-refractivity contribution in [1.82, 2.24) is 15.0 Å². The fourth-order valence-electron chi connectivity index (χ4n) is 9.27. The van der Waals surface area contributed by atoms with Crippen LogP contribution in [0.25, 0.3) is 89.4 Å². The number of aryl methyl sites for hydroxylation is 6. The maximum Gasteiger partial charge on any atom is 0.135 e. The monoisotopic (exact) mass is 868 g/mol. The SMILES string of the molecule is Cc1ccc2cc(-c3cc(-c4cc(-c5ccccc5)c(C)cn4)cc(N(c4cc(-c5cc(-c6ccccc6)c(C)cn5)cc(-c5cc6ccc(C)cc6o5)c4)c4c(C)ccnc4C)c3)oc2c1. The van der Waals surface area contributed by atoms with Gasteiger partial charge in [-0.3, -0.25) is 15.0 Å². The van der Waals surface area contributed by atoms with Crippen molar-refractivity contribution in [3.05, 3.63) is 216 Å². The Labute approximate surface area is 390 Å². The second-order valence-electron chi connectivity index (χ2n) is 17.7. The van der Waals surface area contributed by atoms with Crippen LogP contribution in [-0.4, -0.2) is 15.0 Å². The molecule has 0 aliphatic rings. The fourth-order valence-corrected chi connectivity index (χ4v) is 9.27. The number of benzene rings is 6. The van der Waals surface area contributed by atoms with E-state index in [2.05, 4.69) is 210 Å². The van der Waals surface area contributed by atoms with Crippen LogP contribution in [0, 0.1) is 41.5 Å². The van der Waals surface area contributed by atoms with Crippen LogP contribution in [0.1, 0.15) is 33.5 Å². The summed E-state index contributed by atoms with van der Waals surface area (Å²) in [6.45, 7) is 12.6. The van der Waals surface area contributed by atoms with Crippen molar-refractivity contribution in [3.8, 4) is 67.4 Å². The van der Waals surface area contributed by atoms with E-state index in [-0.39, 0.29) is 0 Å². The molecule has 0 unspecified atom stereocenters. The van der Waals surface area contributed by atoms with Gasteiger partial charge in [0.05, 0.1) is 22.8 Å². The zero-order valence-corrected chi connectivity index (χ0v) is 38.4. The number of nitrogens with zero attached hydrogens (tertiary/aromatic N) is 4. The highest BCUT2D eigenvalue weighted by Gasteiger charge is 2.24. The van der Waals surface area contributed by atoms with Gasteiger partial charge in [-0.05, 0) is 170 Å². The van der Waals surface area contributed by atoms with Crippen LogP contribution >= 0.6 is 0 Å². The van der Waals surface area contributed by atoms with Gasteiger partial charge < -0.3 is 13.7 Å². The smallest absolute Gasteiger partial charge is 0.135 e. The molecule has 6 nitrogen and oxygen atoms in total. The molecule has 0 saturated heterocycles. The molecular formula is C61H48N4O2. The highest BCUT2D eigenvalue weighted by atomic mass is 16.3. The standard InChI is InChI=1S/C61H48N4O2/c1-37-17-19-45-31-59(66-57(45)23-37)49-25-47(55-33-53(40(4)35-63-55)43-13-9-7-10-14-43)27-51(29-49)65(61-39(3)21-22-62-42(61)6)52-28-48(56-34-54(41(5)36-64-56)44-15-11-8-12-16-44)26-50(30-52)60-32-46-20-18-38(2)24-58(46)67-60/h7-36H,1-6H3. The lowest BCUT2D eigenvalue weighted by atomic mass is 9.96. The van der Waals surface area contributed by atoms with Crippen LogP contribution in [0.4, 0.5) is 17.1 Å². The molecule has 5 aromatic heterocycles. The van der Waals surface area contributed by atoms with E-state index in [1.807, 2.05) is 18.6 Å². The van der Waals surface area contributed by atoms with Crippen molar-refractivity contribution < 1.29 is 8.83 Å². The van der Waals surface area contributed by atoms with E-state index in [0.717, 1.165) is 140 Å². The van der Waals surface area contributed by atoms with E-state index < -0.39 is 0 Å². The second-order valence-corrected chi connectivity index (χ2v) is 17.7. The summed E-state index contributed by atoms with van der Waals surface area (Å²) in [5, 5.41) is 2.09. The molecule has 67 heavy (non-hydrogen) atoms. The maximum atomic E-state index is 6.71. The van der Waals surface area contributed by atoms with E-state index >= 15 is 0 Å². The number of hydrogen-bond donors (Lipinski definition) is 0. The van der Waals surface area contributed by atoms with Gasteiger partial charge in [-0.2, -0.15) is 0 Å². The van der Waals surface area contributed by atoms with Gasteiger partial charge in [0.25, 0.3) is 0 Å². The zero-order chi connectivity index (χ0) is 45.8. The van der Waals surface area contributed by atoms with Crippen LogP contribution in [0.2, 0.25) is 0 Å². The molecule has 6 heteroatoms. The molecule has 0 amide bonds. The van der Waals surface area contributed by atoms with E-state index in [4.69, 9.17) is 23.8 Å². The average Bonchev–Trinajstić information content (AvgIpc) is 3.98. The third kappa shape index (κ3) is 7.97. The first-order chi connectivity index (χ1) is 32.6. The topological polar surface area (TPSA) is 68.2 Å². The molecule has 0 atom stereocenters. The Morgan fingerprint density at radius 2 is 0.851 bits per heavy atom. The molecule has 0 spiro atoms. The minimum Gasteiger partial charge on any atom is -0.456 e. The average molecular weight is 869 g/mol. The lowest BCUT2D eigenvalue weighted by Gasteiger charge is -2.30. The molecule has 0 aliphatic heterocycles. The highest BCUT2D eigenvalue weighted by Crippen LogP contribution is 2.46. The van der Waals surface area contributed by atoms with E-state index in [1.165, 1.54) is 0 Å². The van der Waals surface area contributed by atoms with Gasteiger partial charge in [-0.1, -0.05) is 84.9 Å². The summed E-state index contributed by atoms with van der Waals surface area (Å²) in [4.78, 5) is 17.4. The molecule has 324 valence electrons. The number of rotatable bonds is 9. The van der Waals surface area contributed by atoms with Crippen molar-refractivity contribution >= 4 is 39.0 Å². The molecule has 0 saturated carbocycles. The summed E-state index contributed by atoms with van der Waals surface area (Å²) in [7, 11) is 0. The lowest BCUT2D eigenvalue weighted by molar-refractivity contribution is 0.631. The van der Waals surface area contributed by atoms with Crippen molar-refractivity contribution in [2.45, 2.75) is 41.5 Å². The molecule has 0 fully saturated rings. The molecule has 5 heterocycles. The Bertz CT molecular complexity index is 3420. The quantitative estimate of drug-likeness (QED) is 0.144. The van der Waals surface area contributed by atoms with Gasteiger partial charge in [0.2, 0.25) is 0 Å². The van der Waals surface area contributed by atoms with Crippen LogP contribution in [0.3, 0.4) is 0 Å². The molecule has 0 radical (unpaired) electrons. The molecule has 0 aliphatic carbocycles. The minimum absolute atomic E-state index is 0.767. The molecule has 0 N–H and O–H groups in total. The number of pyridine rings is 3. The van der Waals surface area contributed by atoms with E-state index in [9.17, 15) is 0 Å². The Kier molecular flexibility index (Phi) is 10.4. The first-order valence-electron chi connectivity index (χ1n) is 22.7. The van der Waals surface area contributed by atoms with Crippen LogP contribution < -0.4 is 4.90 Å². The Balaban J connectivity index is 1.19. The van der Waals surface area contributed by atoms with Crippen molar-refractivity contribution in [1.29, 1.82) is 0 Å². The third-order valence-electron chi connectivity index (χ3n) is 12.8. The number of fused-ring (bicyclic) bond motifs is 2. The number of hydrogen-bond acceptors (Lipinski definition) is 6. The summed E-state index contributed by atoms with van der Waals surface area (Å²) in [6.07, 6.45) is 5.83. The van der Waals surface area contributed by atoms with Gasteiger partial charge in [0, 0.05) is 63.0 Å². The predicted molar refractivity (Wildman–Crippen MR) is 275 cm³/mol. The summed E-state index contributed by atoms with van der Waals surface area (Å²) < 4.78 is 13.4. The normalized spacial score (nSPS) is 11.4. The summed E-state index contributed by atoms with van der Waals surface area (Å²) >= 11 is 0. The fraction of sp³-hybridized carbons (Fsp3) is 0.0984. The Morgan fingerprint density at radius 1 is 0.388 bits per heavy atom. The minimum atomic E-state index is 0.767. The number of aromatic nitrogens is 3. The third-order valence-corrected chi connectivity index (χ3v) is 12.8. The molecule has 11 rings (SSSR count). The summed E-state index contributed by atoms with van der Waals surface area (Å²) in [6, 6.07) is 57.8. The molecule has 6 aromatic carbocycles. The van der Waals surface area contributed by atoms with E-state index in [1.54, 1.807) is 0 Å². The van der Waals surface area contributed by atoms with Crippen molar-refractivity contribution in [3.63, 3.8) is 0 Å². The van der Waals surface area contributed by atoms with Gasteiger partial charge in [0.1, 0.15) is 22.7 Å². The number of anilines is 3. The van der Waals surface area contributed by atoms with Crippen molar-refractivity contribution in [2.24, 2.45) is 0 Å². The summed E-state index contributed by atoms with van der Waals surface area (Å²) in [5.74, 6) is 1.53. The van der Waals surface area contributed by atoms with Crippen LogP contribution in [0.15, 0.2) is 191 Å². The van der Waals surface area contributed by atoms with Gasteiger partial charge >= 0.3 is 0 Å². The van der Waals surface area contributed by atoms with Crippen LogP contribution in [-0.2, 0) is 0 Å². The maximum absolute atomic E-state index is 6.71. The molecule has 0 bridgehead atoms. The summed E-state index contributed by atoms with van der Waals surface area (Å²) in [5.41, 5.74) is 20.9. The Morgan fingerprint density at radius 3 is 1.31 bits per heavy atom. The first-order valence-corrected chi connectivity index (χ1v) is 22.7. The Hall–Kier alpha value is -8.35. The largest absolute Gasteiger partial charge is 0.456 e. The van der Waals surface area contributed by atoms with Gasteiger partial charge in [-0.15, -0.1) is 0 Å². The van der Waals surface area contributed by atoms with E-state index in [0.29, 0.717) is 0 Å². The van der Waals surface area contributed by atoms with Crippen LogP contribution in [0.5, 0.6) is 0 Å². The second kappa shape index (κ2) is 16.9. The van der Waals surface area contributed by atoms with Crippen molar-refractivity contribution in [2.75, 3.05) is 4.90 Å². The molecular weight excluding hydrogens is 821 g/mol. The van der Waals surface area contributed by atoms with Gasteiger partial charge in [0.15, 0.2) is 0 Å². The number of furan rings is 2. The molecule has 11 aromatic rings. The van der Waals surface area contributed by atoms with Gasteiger partial charge in [-0.25, -0.2) is 0 Å².